The summed E-state index contributed by atoms with van der Waals surface area (Å²) >= 11 is 1.88. The number of rotatable bonds is 2. The summed E-state index contributed by atoms with van der Waals surface area (Å²) in [5.41, 5.74) is 10.1. The number of nitrogens with zero attached hydrogens (tertiary/aromatic N) is 3. The third-order valence-corrected chi connectivity index (χ3v) is 11.2. The minimum atomic E-state index is 0.815. The molecule has 0 radical (unpaired) electrons. The first-order chi connectivity index (χ1) is 23.3. The second-order valence-electron chi connectivity index (χ2n) is 12.5. The maximum Gasteiger partial charge on any atom is 0.165 e. The molecular formula is C42H21N3OS. The Morgan fingerprint density at radius 1 is 0.511 bits per heavy atom. The van der Waals surface area contributed by atoms with Crippen molar-refractivity contribution < 1.29 is 4.42 Å². The first kappa shape index (κ1) is 24.2. The van der Waals surface area contributed by atoms with Crippen molar-refractivity contribution in [1.82, 2.24) is 14.5 Å². The van der Waals surface area contributed by atoms with Crippen LogP contribution in [-0.2, 0) is 0 Å². The van der Waals surface area contributed by atoms with Crippen LogP contribution in [0.1, 0.15) is 0 Å². The number of hydrogen-bond acceptors (Lipinski definition) is 4. The van der Waals surface area contributed by atoms with Crippen molar-refractivity contribution in [3.8, 4) is 28.2 Å². The smallest absolute Gasteiger partial charge is 0.165 e. The quantitative estimate of drug-likeness (QED) is 0.194. The SMILES string of the molecule is c1cc2c3c(c1)ccc1c3c3c4c(ccc3n1-c1nc3ccccc3nc1-c1ccc3c(c1)oc1ccccc13)sc1cccc-2c14. The van der Waals surface area contributed by atoms with E-state index in [2.05, 4.69) is 102 Å². The molecule has 0 aliphatic heterocycles. The zero-order valence-electron chi connectivity index (χ0n) is 24.8. The van der Waals surface area contributed by atoms with Crippen LogP contribution in [-0.4, -0.2) is 14.5 Å². The van der Waals surface area contributed by atoms with E-state index in [1.54, 1.807) is 0 Å². The lowest BCUT2D eigenvalue weighted by Crippen LogP contribution is -2.03. The van der Waals surface area contributed by atoms with Gasteiger partial charge in [-0.1, -0.05) is 72.8 Å². The molecule has 0 saturated heterocycles. The van der Waals surface area contributed by atoms with E-state index in [0.29, 0.717) is 0 Å². The number of fused-ring (bicyclic) bond motifs is 5. The van der Waals surface area contributed by atoms with Crippen molar-refractivity contribution in [1.29, 1.82) is 0 Å². The predicted octanol–water partition coefficient (Wildman–Crippen LogP) is 11.8. The van der Waals surface area contributed by atoms with Crippen LogP contribution in [0.3, 0.4) is 0 Å². The Hall–Kier alpha value is -6.04. The average molecular weight is 616 g/mol. The molecule has 0 spiro atoms. The normalized spacial score (nSPS) is 12.7. The molecule has 0 bridgehead atoms. The van der Waals surface area contributed by atoms with E-state index >= 15 is 0 Å². The van der Waals surface area contributed by atoms with Crippen LogP contribution in [0.25, 0.3) is 114 Å². The number of aromatic nitrogens is 3. The van der Waals surface area contributed by atoms with Crippen LogP contribution >= 0.6 is 11.3 Å². The molecule has 4 aromatic heterocycles. The van der Waals surface area contributed by atoms with Crippen molar-refractivity contribution in [2.24, 2.45) is 0 Å². The molecule has 1 aliphatic rings. The Balaban J connectivity index is 1.28. The number of furan rings is 1. The van der Waals surface area contributed by atoms with E-state index in [4.69, 9.17) is 14.4 Å². The van der Waals surface area contributed by atoms with Crippen LogP contribution in [0.4, 0.5) is 0 Å². The van der Waals surface area contributed by atoms with Gasteiger partial charge in [-0.15, -0.1) is 11.3 Å². The number of benzene rings is 7. The van der Waals surface area contributed by atoms with Crippen molar-refractivity contribution in [3.05, 3.63) is 127 Å². The van der Waals surface area contributed by atoms with Gasteiger partial charge < -0.3 is 4.42 Å². The highest BCUT2D eigenvalue weighted by Crippen LogP contribution is 2.52. The largest absolute Gasteiger partial charge is 0.456 e. The van der Waals surface area contributed by atoms with Gasteiger partial charge in [0.2, 0.25) is 0 Å². The summed E-state index contributed by atoms with van der Waals surface area (Å²) in [5, 5.41) is 10.0. The van der Waals surface area contributed by atoms with Gasteiger partial charge in [0.05, 0.1) is 22.1 Å². The lowest BCUT2D eigenvalue weighted by Gasteiger charge is -2.15. The van der Waals surface area contributed by atoms with Crippen LogP contribution in [0.15, 0.2) is 132 Å². The molecule has 216 valence electrons. The summed E-state index contributed by atoms with van der Waals surface area (Å²) in [6.45, 7) is 0. The summed E-state index contributed by atoms with van der Waals surface area (Å²) < 4.78 is 11.3. The Bertz CT molecular complexity index is 3200. The fraction of sp³-hybridized carbons (Fsp3) is 0. The topological polar surface area (TPSA) is 43.9 Å². The number of thiophene rings is 1. The molecule has 4 heterocycles. The minimum absolute atomic E-state index is 0.815. The third kappa shape index (κ3) is 2.98. The molecule has 1 aliphatic carbocycles. The summed E-state index contributed by atoms with van der Waals surface area (Å²) in [5.74, 6) is 0.815. The molecule has 0 unspecified atom stereocenters. The summed E-state index contributed by atoms with van der Waals surface area (Å²) in [4.78, 5) is 10.7. The summed E-state index contributed by atoms with van der Waals surface area (Å²) in [6, 6.07) is 45.4. The lowest BCUT2D eigenvalue weighted by molar-refractivity contribution is 0.669. The van der Waals surface area contributed by atoms with E-state index in [9.17, 15) is 0 Å². The molecule has 47 heavy (non-hydrogen) atoms. The number of para-hydroxylation sites is 3. The highest BCUT2D eigenvalue weighted by Gasteiger charge is 2.27. The van der Waals surface area contributed by atoms with Crippen molar-refractivity contribution >= 4 is 97.1 Å². The first-order valence-electron chi connectivity index (χ1n) is 15.8. The fourth-order valence-electron chi connectivity index (χ4n) is 8.17. The standard InChI is InChI=1S/C42H21N3OS/c1-4-13-32-24(8-1)25-17-15-23(21-33(25)46-32)41-42(44-29-12-3-2-11-28(29)43-41)45-30-18-16-22-7-5-9-26-27-10-6-14-34-37(27)40-35(47-34)20-19-31(45)39(40)38(30)36(22)26/h1-21H. The van der Waals surface area contributed by atoms with E-state index in [-0.39, 0.29) is 0 Å². The van der Waals surface area contributed by atoms with Crippen LogP contribution in [0.2, 0.25) is 0 Å². The molecule has 0 saturated carbocycles. The van der Waals surface area contributed by atoms with Gasteiger partial charge in [-0.05, 0) is 76.5 Å². The average Bonchev–Trinajstić information content (AvgIpc) is 3.76. The molecule has 4 nitrogen and oxygen atoms in total. The number of hydrogen-bond donors (Lipinski definition) is 0. The molecular weight excluding hydrogens is 595 g/mol. The minimum Gasteiger partial charge on any atom is -0.456 e. The second-order valence-corrected chi connectivity index (χ2v) is 13.6. The fourth-order valence-corrected chi connectivity index (χ4v) is 9.31. The van der Waals surface area contributed by atoms with E-state index < -0.39 is 0 Å². The van der Waals surface area contributed by atoms with Crippen LogP contribution in [0, 0.1) is 0 Å². The van der Waals surface area contributed by atoms with Gasteiger partial charge in [-0.25, -0.2) is 9.97 Å². The lowest BCUT2D eigenvalue weighted by atomic mass is 9.95. The molecule has 5 heteroatoms. The monoisotopic (exact) mass is 615 g/mol. The van der Waals surface area contributed by atoms with E-state index in [1.165, 1.54) is 52.8 Å². The Morgan fingerprint density at radius 3 is 2.15 bits per heavy atom. The molecule has 0 amide bonds. The van der Waals surface area contributed by atoms with Gasteiger partial charge in [-0.2, -0.15) is 0 Å². The molecule has 7 aromatic carbocycles. The molecule has 0 atom stereocenters. The second kappa shape index (κ2) is 8.40. The van der Waals surface area contributed by atoms with Crippen molar-refractivity contribution in [2.45, 2.75) is 0 Å². The van der Waals surface area contributed by atoms with Crippen LogP contribution in [0.5, 0.6) is 0 Å². The highest BCUT2D eigenvalue weighted by atomic mass is 32.1. The van der Waals surface area contributed by atoms with Gasteiger partial charge in [0.1, 0.15) is 16.9 Å². The Morgan fingerprint density at radius 2 is 1.23 bits per heavy atom. The maximum atomic E-state index is 6.35. The zero-order chi connectivity index (χ0) is 30.4. The maximum absolute atomic E-state index is 6.35. The Labute approximate surface area is 270 Å². The summed E-state index contributed by atoms with van der Waals surface area (Å²) in [6.07, 6.45) is 0. The highest BCUT2D eigenvalue weighted by molar-refractivity contribution is 7.26. The van der Waals surface area contributed by atoms with Gasteiger partial charge in [0, 0.05) is 47.3 Å². The van der Waals surface area contributed by atoms with Gasteiger partial charge in [0.25, 0.3) is 0 Å². The van der Waals surface area contributed by atoms with Gasteiger partial charge >= 0.3 is 0 Å². The van der Waals surface area contributed by atoms with Crippen LogP contribution < -0.4 is 0 Å². The first-order valence-corrected chi connectivity index (χ1v) is 16.7. The van der Waals surface area contributed by atoms with Crippen molar-refractivity contribution in [2.75, 3.05) is 0 Å². The third-order valence-electron chi connectivity index (χ3n) is 10.1. The molecule has 0 fully saturated rings. The van der Waals surface area contributed by atoms with Crippen molar-refractivity contribution in [3.63, 3.8) is 0 Å². The Kier molecular flexibility index (Phi) is 4.33. The van der Waals surface area contributed by atoms with E-state index in [1.807, 2.05) is 41.7 Å². The molecule has 11 aromatic rings. The molecule has 0 N–H and O–H groups in total. The summed E-state index contributed by atoms with van der Waals surface area (Å²) in [7, 11) is 0. The predicted molar refractivity (Wildman–Crippen MR) is 196 cm³/mol. The zero-order valence-corrected chi connectivity index (χ0v) is 25.6. The van der Waals surface area contributed by atoms with Gasteiger partial charge in [0.15, 0.2) is 5.82 Å². The van der Waals surface area contributed by atoms with E-state index in [0.717, 1.165) is 61.1 Å². The van der Waals surface area contributed by atoms with Gasteiger partial charge in [-0.3, -0.25) is 4.57 Å². The molecule has 12 rings (SSSR count).